The normalized spacial score (nSPS) is 22.9. The Kier molecular flexibility index (Phi) is 5.27. The molecule has 0 radical (unpaired) electrons. The smallest absolute Gasteiger partial charge is 0.333 e. The lowest BCUT2D eigenvalue weighted by atomic mass is 9.99. The molecular formula is C11H18O5S. The molecular weight excluding hydrogens is 244 g/mol. The number of aliphatic hydroxyl groups is 1. The minimum atomic E-state index is -1.29. The van der Waals surface area contributed by atoms with Crippen LogP contribution in [0.1, 0.15) is 26.7 Å². The van der Waals surface area contributed by atoms with Gasteiger partial charge in [0.1, 0.15) is 0 Å². The molecule has 1 N–H and O–H groups in total. The molecule has 1 heterocycles. The highest BCUT2D eigenvalue weighted by atomic mass is 32.2. The van der Waals surface area contributed by atoms with Crippen molar-refractivity contribution in [3.05, 3.63) is 0 Å². The molecule has 98 valence electrons. The summed E-state index contributed by atoms with van der Waals surface area (Å²) in [7, 11) is 0. The predicted molar refractivity (Wildman–Crippen MR) is 63.7 cm³/mol. The Morgan fingerprint density at radius 3 is 2.18 bits per heavy atom. The van der Waals surface area contributed by atoms with Gasteiger partial charge < -0.3 is 14.6 Å². The average molecular weight is 262 g/mol. The van der Waals surface area contributed by atoms with Crippen LogP contribution in [0.5, 0.6) is 0 Å². The second-order valence-corrected chi connectivity index (χ2v) is 5.09. The Labute approximate surface area is 105 Å². The van der Waals surface area contributed by atoms with Crippen LogP contribution in [0.4, 0.5) is 0 Å². The molecule has 1 fully saturated rings. The van der Waals surface area contributed by atoms with Crippen LogP contribution in [-0.2, 0) is 19.1 Å². The molecule has 1 rings (SSSR count). The van der Waals surface area contributed by atoms with Crippen LogP contribution in [-0.4, -0.2) is 46.9 Å². The molecule has 0 amide bonds. The molecule has 0 saturated carbocycles. The molecule has 1 aliphatic heterocycles. The van der Waals surface area contributed by atoms with E-state index in [1.165, 1.54) is 0 Å². The molecule has 5 nitrogen and oxygen atoms in total. The molecule has 0 bridgehead atoms. The van der Waals surface area contributed by atoms with Crippen molar-refractivity contribution in [3.8, 4) is 0 Å². The molecule has 17 heavy (non-hydrogen) atoms. The summed E-state index contributed by atoms with van der Waals surface area (Å²) in [5.41, 5.74) is 0. The number of hydrogen-bond donors (Lipinski definition) is 1. The summed E-state index contributed by atoms with van der Waals surface area (Å²) >= 11 is 1.12. The van der Waals surface area contributed by atoms with Crippen LogP contribution in [0.25, 0.3) is 0 Å². The van der Waals surface area contributed by atoms with E-state index < -0.39 is 22.8 Å². The van der Waals surface area contributed by atoms with E-state index in [1.807, 2.05) is 0 Å². The molecule has 1 atom stereocenters. The van der Waals surface area contributed by atoms with Crippen LogP contribution in [0.2, 0.25) is 0 Å². The molecule has 0 aromatic carbocycles. The number of rotatable bonds is 4. The zero-order chi connectivity index (χ0) is 12.9. The van der Waals surface area contributed by atoms with E-state index in [2.05, 4.69) is 0 Å². The Balaban J connectivity index is 2.84. The van der Waals surface area contributed by atoms with Crippen molar-refractivity contribution in [2.45, 2.75) is 37.5 Å². The Morgan fingerprint density at radius 2 is 1.82 bits per heavy atom. The second kappa shape index (κ2) is 6.26. The van der Waals surface area contributed by atoms with Crippen LogP contribution in [0.15, 0.2) is 0 Å². The van der Waals surface area contributed by atoms with Crippen molar-refractivity contribution in [3.63, 3.8) is 0 Å². The molecule has 1 aliphatic rings. The lowest BCUT2D eigenvalue weighted by Gasteiger charge is -2.33. The predicted octanol–water partition coefficient (Wildman–Crippen LogP) is 0.739. The maximum absolute atomic E-state index is 11.9. The maximum Gasteiger partial charge on any atom is 0.333 e. The Morgan fingerprint density at radius 1 is 1.29 bits per heavy atom. The number of hydrogen-bond acceptors (Lipinski definition) is 6. The lowest BCUT2D eigenvalue weighted by Crippen LogP contribution is -2.49. The van der Waals surface area contributed by atoms with Crippen molar-refractivity contribution in [1.29, 1.82) is 0 Å². The summed E-state index contributed by atoms with van der Waals surface area (Å²) in [6.45, 7) is 3.84. The van der Waals surface area contributed by atoms with Crippen molar-refractivity contribution >= 4 is 23.7 Å². The van der Waals surface area contributed by atoms with E-state index in [-0.39, 0.29) is 19.6 Å². The van der Waals surface area contributed by atoms with Crippen LogP contribution < -0.4 is 0 Å². The second-order valence-electron chi connectivity index (χ2n) is 3.77. The number of ether oxygens (including phenoxy) is 2. The topological polar surface area (TPSA) is 72.8 Å². The van der Waals surface area contributed by atoms with Gasteiger partial charge in [-0.2, -0.15) is 0 Å². The highest BCUT2D eigenvalue weighted by molar-refractivity contribution is 8.02. The first kappa shape index (κ1) is 14.3. The number of aliphatic hydroxyl groups excluding tert-OH is 1. The lowest BCUT2D eigenvalue weighted by molar-refractivity contribution is -0.159. The zero-order valence-electron chi connectivity index (χ0n) is 10.1. The Hall–Kier alpha value is -0.750. The standard InChI is InChI=1S/C11H18O5S/c1-3-15-9(13)11(10(14)16-4-2)6-5-8(12)7-17-11/h8,12H,3-7H2,1-2H3. The van der Waals surface area contributed by atoms with Crippen molar-refractivity contribution < 1.29 is 24.2 Å². The van der Waals surface area contributed by atoms with E-state index in [4.69, 9.17) is 9.47 Å². The number of carbonyl (C=O) groups is 2. The van der Waals surface area contributed by atoms with Crippen molar-refractivity contribution in [1.82, 2.24) is 0 Å². The van der Waals surface area contributed by atoms with Gasteiger partial charge in [-0.25, -0.2) is 9.59 Å². The SMILES string of the molecule is CCOC(=O)C1(C(=O)OCC)CCC(O)CS1. The summed E-state index contributed by atoms with van der Waals surface area (Å²) in [6, 6.07) is 0. The molecule has 0 aliphatic carbocycles. The maximum atomic E-state index is 11.9. The third-order valence-electron chi connectivity index (χ3n) is 2.56. The average Bonchev–Trinajstić information content (AvgIpc) is 2.31. The van der Waals surface area contributed by atoms with E-state index in [1.54, 1.807) is 13.8 Å². The first-order valence-corrected chi connectivity index (χ1v) is 6.71. The first-order chi connectivity index (χ1) is 8.06. The molecule has 6 heteroatoms. The van der Waals surface area contributed by atoms with Gasteiger partial charge in [0.05, 0.1) is 19.3 Å². The first-order valence-electron chi connectivity index (χ1n) is 5.73. The zero-order valence-corrected chi connectivity index (χ0v) is 10.9. The number of thioether (sulfide) groups is 1. The summed E-state index contributed by atoms with van der Waals surface area (Å²) in [5, 5.41) is 9.44. The molecule has 0 aromatic rings. The fraction of sp³-hybridized carbons (Fsp3) is 0.818. The van der Waals surface area contributed by atoms with Crippen molar-refractivity contribution in [2.75, 3.05) is 19.0 Å². The van der Waals surface area contributed by atoms with Gasteiger partial charge in [0.15, 0.2) is 0 Å². The monoisotopic (exact) mass is 262 g/mol. The van der Waals surface area contributed by atoms with E-state index in [0.29, 0.717) is 12.2 Å². The Bertz CT molecular complexity index is 264. The number of carbonyl (C=O) groups excluding carboxylic acids is 2. The van der Waals surface area contributed by atoms with Gasteiger partial charge in [0.25, 0.3) is 0 Å². The molecule has 1 unspecified atom stereocenters. The van der Waals surface area contributed by atoms with Gasteiger partial charge in [-0.1, -0.05) is 0 Å². The van der Waals surface area contributed by atoms with Gasteiger partial charge in [-0.3, -0.25) is 0 Å². The van der Waals surface area contributed by atoms with Crippen LogP contribution in [0, 0.1) is 0 Å². The van der Waals surface area contributed by atoms with Crippen LogP contribution in [0.3, 0.4) is 0 Å². The fourth-order valence-electron chi connectivity index (χ4n) is 1.66. The molecule has 1 saturated heterocycles. The van der Waals surface area contributed by atoms with E-state index in [0.717, 1.165) is 11.8 Å². The minimum Gasteiger partial charge on any atom is -0.465 e. The quantitative estimate of drug-likeness (QED) is 0.595. The van der Waals surface area contributed by atoms with E-state index >= 15 is 0 Å². The number of esters is 2. The van der Waals surface area contributed by atoms with Gasteiger partial charge in [0.2, 0.25) is 4.75 Å². The summed E-state index contributed by atoms with van der Waals surface area (Å²) in [6.07, 6.45) is 0.193. The fourth-order valence-corrected chi connectivity index (χ4v) is 2.92. The highest BCUT2D eigenvalue weighted by Crippen LogP contribution is 2.39. The summed E-state index contributed by atoms with van der Waals surface area (Å²) in [4.78, 5) is 23.8. The van der Waals surface area contributed by atoms with Gasteiger partial charge in [-0.15, -0.1) is 11.8 Å². The summed E-state index contributed by atoms with van der Waals surface area (Å²) < 4.78 is 8.60. The molecule has 0 spiro atoms. The third kappa shape index (κ3) is 3.13. The third-order valence-corrected chi connectivity index (χ3v) is 4.14. The van der Waals surface area contributed by atoms with Crippen molar-refractivity contribution in [2.24, 2.45) is 0 Å². The van der Waals surface area contributed by atoms with Gasteiger partial charge >= 0.3 is 11.9 Å². The largest absolute Gasteiger partial charge is 0.465 e. The van der Waals surface area contributed by atoms with Gasteiger partial charge in [-0.05, 0) is 26.7 Å². The van der Waals surface area contributed by atoms with E-state index in [9.17, 15) is 14.7 Å². The molecule has 0 aromatic heterocycles. The highest BCUT2D eigenvalue weighted by Gasteiger charge is 2.51. The van der Waals surface area contributed by atoms with Gasteiger partial charge in [0, 0.05) is 5.75 Å². The minimum absolute atomic E-state index is 0.225. The summed E-state index contributed by atoms with van der Waals surface area (Å²) in [5.74, 6) is -0.775. The van der Waals surface area contributed by atoms with Crippen LogP contribution >= 0.6 is 11.8 Å².